The Morgan fingerprint density at radius 3 is 2.38 bits per heavy atom. The van der Waals surface area contributed by atoms with Crippen LogP contribution in [-0.4, -0.2) is 30.3 Å². The average molecular weight is 455 g/mol. The number of carbonyl (C=O) groups is 2. The Bertz CT molecular complexity index is 1270. The molecule has 1 aliphatic carbocycles. The van der Waals surface area contributed by atoms with Gasteiger partial charge in [-0.3, -0.25) is 0 Å². The van der Waals surface area contributed by atoms with Crippen molar-refractivity contribution in [3.05, 3.63) is 101 Å². The number of fused-ring (bicyclic) bond motifs is 3. The number of rotatable bonds is 6. The molecule has 4 rings (SSSR count). The summed E-state index contributed by atoms with van der Waals surface area (Å²) in [5, 5.41) is 11.4. The van der Waals surface area contributed by atoms with E-state index in [-0.39, 0.29) is 18.1 Å². The maximum atomic E-state index is 13.7. The zero-order valence-electron chi connectivity index (χ0n) is 18.3. The molecular weight excluding hydrogens is 433 g/mol. The van der Waals surface area contributed by atoms with Gasteiger partial charge in [0.2, 0.25) is 0 Å². The van der Waals surface area contributed by atoms with Gasteiger partial charge in [-0.1, -0.05) is 60.4 Å². The standard InChI is InChI=1S/C28H22FNO4/c29-26-14-12-19(17-20(26)13-15-27(31)32)7-5-6-16-30-28(33)34-18-25-23-10-3-1-8-21(23)22-9-2-4-11-24(22)25/h1-4,8-15,17,25H,6,16,18H2,(H,30,33)(H,31,32)/b15-13+. The van der Waals surface area contributed by atoms with Crippen LogP contribution in [0.4, 0.5) is 9.18 Å². The van der Waals surface area contributed by atoms with Gasteiger partial charge in [0, 0.05) is 36.1 Å². The Morgan fingerprint density at radius 2 is 1.71 bits per heavy atom. The number of carboxylic acids is 1. The van der Waals surface area contributed by atoms with Gasteiger partial charge in [0.05, 0.1) is 0 Å². The van der Waals surface area contributed by atoms with Crippen molar-refractivity contribution in [1.82, 2.24) is 5.32 Å². The smallest absolute Gasteiger partial charge is 0.407 e. The Labute approximate surface area is 196 Å². The van der Waals surface area contributed by atoms with Crippen LogP contribution in [0.15, 0.2) is 72.8 Å². The quantitative estimate of drug-likeness (QED) is 0.304. The molecule has 1 aliphatic rings. The Morgan fingerprint density at radius 1 is 1.03 bits per heavy atom. The van der Waals surface area contributed by atoms with Gasteiger partial charge < -0.3 is 15.2 Å². The lowest BCUT2D eigenvalue weighted by Crippen LogP contribution is -2.26. The van der Waals surface area contributed by atoms with Gasteiger partial charge >= 0.3 is 12.1 Å². The van der Waals surface area contributed by atoms with Crippen LogP contribution in [0.1, 0.15) is 34.6 Å². The molecule has 3 aromatic carbocycles. The molecule has 3 aromatic rings. The van der Waals surface area contributed by atoms with Crippen LogP contribution in [0.5, 0.6) is 0 Å². The lowest BCUT2D eigenvalue weighted by molar-refractivity contribution is -0.131. The highest BCUT2D eigenvalue weighted by atomic mass is 19.1. The highest BCUT2D eigenvalue weighted by molar-refractivity contribution is 5.85. The van der Waals surface area contributed by atoms with E-state index in [1.165, 1.54) is 35.4 Å². The van der Waals surface area contributed by atoms with Gasteiger partial charge in [0.15, 0.2) is 0 Å². The predicted octanol–water partition coefficient (Wildman–Crippen LogP) is 5.20. The molecule has 170 valence electrons. The van der Waals surface area contributed by atoms with E-state index in [0.717, 1.165) is 17.2 Å². The highest BCUT2D eigenvalue weighted by Gasteiger charge is 2.28. The van der Waals surface area contributed by atoms with E-state index in [9.17, 15) is 14.0 Å². The second kappa shape index (κ2) is 10.5. The van der Waals surface area contributed by atoms with Gasteiger partial charge in [0.1, 0.15) is 12.4 Å². The molecule has 0 fully saturated rings. The molecule has 0 unspecified atom stereocenters. The Kier molecular flexibility index (Phi) is 7.04. The number of alkyl carbamates (subject to hydrolysis) is 1. The molecule has 2 N–H and O–H groups in total. The summed E-state index contributed by atoms with van der Waals surface area (Å²) in [4.78, 5) is 22.8. The van der Waals surface area contributed by atoms with E-state index in [1.807, 2.05) is 24.3 Å². The van der Waals surface area contributed by atoms with E-state index in [1.54, 1.807) is 0 Å². The lowest BCUT2D eigenvalue weighted by atomic mass is 9.98. The van der Waals surface area contributed by atoms with Gasteiger partial charge in [-0.05, 0) is 46.5 Å². The summed E-state index contributed by atoms with van der Waals surface area (Å²) in [6.07, 6.45) is 1.92. The van der Waals surface area contributed by atoms with E-state index in [2.05, 4.69) is 41.4 Å². The summed E-state index contributed by atoms with van der Waals surface area (Å²) in [7, 11) is 0. The minimum absolute atomic E-state index is 0.000732. The molecule has 0 aromatic heterocycles. The number of nitrogens with one attached hydrogen (secondary N) is 1. The fourth-order valence-electron chi connectivity index (χ4n) is 3.95. The van der Waals surface area contributed by atoms with Crippen molar-refractivity contribution in [1.29, 1.82) is 0 Å². The molecule has 1 amide bonds. The Balaban J connectivity index is 1.28. The van der Waals surface area contributed by atoms with Crippen molar-refractivity contribution in [3.63, 3.8) is 0 Å². The van der Waals surface area contributed by atoms with Gasteiger partial charge in [0.25, 0.3) is 0 Å². The van der Waals surface area contributed by atoms with Crippen molar-refractivity contribution >= 4 is 18.1 Å². The summed E-state index contributed by atoms with van der Waals surface area (Å²) < 4.78 is 19.2. The fraction of sp³-hybridized carbons (Fsp3) is 0.143. The topological polar surface area (TPSA) is 75.6 Å². The summed E-state index contributed by atoms with van der Waals surface area (Å²) in [5.74, 6) is 4.11. The molecule has 0 heterocycles. The van der Waals surface area contributed by atoms with Gasteiger partial charge in [-0.25, -0.2) is 14.0 Å². The molecular formula is C28H22FNO4. The summed E-state index contributed by atoms with van der Waals surface area (Å²) >= 11 is 0. The predicted molar refractivity (Wildman–Crippen MR) is 128 cm³/mol. The normalized spacial score (nSPS) is 11.9. The molecule has 0 bridgehead atoms. The van der Waals surface area contributed by atoms with Crippen LogP contribution in [0.2, 0.25) is 0 Å². The van der Waals surface area contributed by atoms with Crippen LogP contribution >= 0.6 is 0 Å². The van der Waals surface area contributed by atoms with Gasteiger partial charge in [-0.2, -0.15) is 0 Å². The van der Waals surface area contributed by atoms with Crippen LogP contribution < -0.4 is 5.32 Å². The number of halogens is 1. The van der Waals surface area contributed by atoms with Crippen molar-refractivity contribution in [2.24, 2.45) is 0 Å². The summed E-state index contributed by atoms with van der Waals surface area (Å²) in [6, 6.07) is 20.5. The van der Waals surface area contributed by atoms with E-state index < -0.39 is 17.9 Å². The van der Waals surface area contributed by atoms with Crippen molar-refractivity contribution in [2.45, 2.75) is 12.3 Å². The molecule has 0 radical (unpaired) electrons. The SMILES string of the molecule is O=C(O)/C=C/c1cc(C#CCCNC(=O)OCC2c3ccccc3-c3ccccc32)ccc1F. The number of hydrogen-bond acceptors (Lipinski definition) is 3. The molecule has 0 atom stereocenters. The minimum Gasteiger partial charge on any atom is -0.478 e. The first kappa shape index (κ1) is 22.8. The average Bonchev–Trinajstić information content (AvgIpc) is 3.16. The number of carboxylic acid groups (broad SMARTS) is 1. The molecule has 6 heteroatoms. The number of ether oxygens (including phenoxy) is 1. The zero-order valence-corrected chi connectivity index (χ0v) is 18.3. The first-order valence-corrected chi connectivity index (χ1v) is 10.8. The van der Waals surface area contributed by atoms with Crippen LogP contribution in [0.3, 0.4) is 0 Å². The maximum absolute atomic E-state index is 13.7. The molecule has 0 spiro atoms. The van der Waals surface area contributed by atoms with Crippen LogP contribution in [0, 0.1) is 17.7 Å². The third-order valence-electron chi connectivity index (χ3n) is 5.50. The largest absolute Gasteiger partial charge is 0.478 e. The van der Waals surface area contributed by atoms with Crippen LogP contribution in [-0.2, 0) is 9.53 Å². The zero-order chi connectivity index (χ0) is 23.9. The molecule has 34 heavy (non-hydrogen) atoms. The first-order valence-electron chi connectivity index (χ1n) is 10.8. The molecule has 0 saturated carbocycles. The van der Waals surface area contributed by atoms with Gasteiger partial charge in [-0.15, -0.1) is 0 Å². The molecule has 0 aliphatic heterocycles. The highest BCUT2D eigenvalue weighted by Crippen LogP contribution is 2.44. The fourth-order valence-corrected chi connectivity index (χ4v) is 3.95. The first-order chi connectivity index (χ1) is 16.5. The monoisotopic (exact) mass is 455 g/mol. The van der Waals surface area contributed by atoms with Crippen molar-refractivity contribution in [2.75, 3.05) is 13.2 Å². The van der Waals surface area contributed by atoms with E-state index in [0.29, 0.717) is 18.5 Å². The second-order valence-corrected chi connectivity index (χ2v) is 7.71. The van der Waals surface area contributed by atoms with E-state index >= 15 is 0 Å². The van der Waals surface area contributed by atoms with Crippen molar-refractivity contribution < 1.29 is 23.8 Å². The number of benzene rings is 3. The third kappa shape index (κ3) is 5.33. The molecule has 5 nitrogen and oxygen atoms in total. The third-order valence-corrected chi connectivity index (χ3v) is 5.50. The minimum atomic E-state index is -1.16. The number of hydrogen-bond donors (Lipinski definition) is 2. The second-order valence-electron chi connectivity index (χ2n) is 7.71. The molecule has 0 saturated heterocycles. The Hall–Kier alpha value is -4.37. The summed E-state index contributed by atoms with van der Waals surface area (Å²) in [6.45, 7) is 0.546. The number of carbonyl (C=O) groups excluding carboxylic acids is 1. The maximum Gasteiger partial charge on any atom is 0.407 e. The number of aliphatic carboxylic acids is 1. The van der Waals surface area contributed by atoms with Crippen LogP contribution in [0.25, 0.3) is 17.2 Å². The summed E-state index contributed by atoms with van der Waals surface area (Å²) in [5.41, 5.74) is 5.34. The van der Waals surface area contributed by atoms with Crippen molar-refractivity contribution in [3.8, 4) is 23.0 Å². The number of amides is 1. The lowest BCUT2D eigenvalue weighted by Gasteiger charge is -2.14. The van der Waals surface area contributed by atoms with E-state index in [4.69, 9.17) is 9.84 Å².